The highest BCUT2D eigenvalue weighted by molar-refractivity contribution is 5.76. The van der Waals surface area contributed by atoms with Crippen LogP contribution in [0.5, 0.6) is 0 Å². The standard InChI is InChI=1S/C11H17F2NO/c1-3-4-5-10(15)14-7-6-11(12,13)9(2)8-14/h3,9H,1,4-8H2,2H3/t9-/m0/s1. The molecule has 0 aromatic rings. The van der Waals surface area contributed by atoms with Gasteiger partial charge in [-0.25, -0.2) is 8.78 Å². The lowest BCUT2D eigenvalue weighted by atomic mass is 9.95. The summed E-state index contributed by atoms with van der Waals surface area (Å²) in [5, 5.41) is 0. The summed E-state index contributed by atoms with van der Waals surface area (Å²) in [7, 11) is 0. The Morgan fingerprint density at radius 2 is 2.33 bits per heavy atom. The zero-order chi connectivity index (χ0) is 11.5. The van der Waals surface area contributed by atoms with Crippen LogP contribution in [-0.4, -0.2) is 29.8 Å². The Bertz CT molecular complexity index is 253. The second-order valence-electron chi connectivity index (χ2n) is 4.08. The topological polar surface area (TPSA) is 20.3 Å². The first-order valence-corrected chi connectivity index (χ1v) is 5.24. The first-order valence-electron chi connectivity index (χ1n) is 5.24. The fourth-order valence-electron chi connectivity index (χ4n) is 1.70. The van der Waals surface area contributed by atoms with E-state index in [1.165, 1.54) is 11.8 Å². The third kappa shape index (κ3) is 3.01. The van der Waals surface area contributed by atoms with Crippen LogP contribution in [-0.2, 0) is 4.79 Å². The number of hydrogen-bond donors (Lipinski definition) is 0. The number of amides is 1. The largest absolute Gasteiger partial charge is 0.342 e. The van der Waals surface area contributed by atoms with Crippen molar-refractivity contribution >= 4 is 5.91 Å². The SMILES string of the molecule is C=CCCC(=O)N1CCC(F)(F)[C@@H](C)C1. The Balaban J connectivity index is 2.47. The number of piperidine rings is 1. The second kappa shape index (κ2) is 4.73. The Hall–Kier alpha value is -0.930. The molecule has 0 saturated carbocycles. The van der Waals surface area contributed by atoms with Crippen molar-refractivity contribution in [1.29, 1.82) is 0 Å². The molecular weight excluding hydrogens is 200 g/mol. The molecule has 0 unspecified atom stereocenters. The van der Waals surface area contributed by atoms with Crippen LogP contribution < -0.4 is 0 Å². The van der Waals surface area contributed by atoms with Crippen molar-refractivity contribution in [3.63, 3.8) is 0 Å². The van der Waals surface area contributed by atoms with Gasteiger partial charge in [-0.2, -0.15) is 0 Å². The second-order valence-corrected chi connectivity index (χ2v) is 4.08. The Labute approximate surface area is 88.9 Å². The van der Waals surface area contributed by atoms with E-state index in [9.17, 15) is 13.6 Å². The maximum Gasteiger partial charge on any atom is 0.254 e. The first kappa shape index (κ1) is 12.1. The van der Waals surface area contributed by atoms with Crippen LogP contribution in [0.2, 0.25) is 0 Å². The minimum absolute atomic E-state index is 0.0442. The smallest absolute Gasteiger partial charge is 0.254 e. The minimum atomic E-state index is -2.62. The first-order chi connectivity index (χ1) is 6.97. The molecule has 1 aliphatic heterocycles. The summed E-state index contributed by atoms with van der Waals surface area (Å²) in [6.07, 6.45) is 2.44. The molecule has 1 rings (SSSR count). The Kier molecular flexibility index (Phi) is 3.83. The van der Waals surface area contributed by atoms with Gasteiger partial charge in [-0.3, -0.25) is 4.79 Å². The molecule has 1 saturated heterocycles. The van der Waals surface area contributed by atoms with Crippen LogP contribution in [0.25, 0.3) is 0 Å². The van der Waals surface area contributed by atoms with Crippen molar-refractivity contribution in [2.75, 3.05) is 13.1 Å². The van der Waals surface area contributed by atoms with E-state index in [-0.39, 0.29) is 25.4 Å². The number of allylic oxidation sites excluding steroid dienone is 1. The van der Waals surface area contributed by atoms with Crippen molar-refractivity contribution in [2.24, 2.45) is 5.92 Å². The molecule has 2 nitrogen and oxygen atoms in total. The number of hydrogen-bond acceptors (Lipinski definition) is 1. The van der Waals surface area contributed by atoms with Gasteiger partial charge in [-0.15, -0.1) is 6.58 Å². The zero-order valence-electron chi connectivity index (χ0n) is 9.01. The van der Waals surface area contributed by atoms with E-state index >= 15 is 0 Å². The monoisotopic (exact) mass is 217 g/mol. The molecule has 0 N–H and O–H groups in total. The third-order valence-electron chi connectivity index (χ3n) is 2.85. The Morgan fingerprint density at radius 1 is 1.67 bits per heavy atom. The average Bonchev–Trinajstić information content (AvgIpc) is 2.18. The van der Waals surface area contributed by atoms with Crippen LogP contribution in [0.1, 0.15) is 26.2 Å². The molecule has 0 aromatic heterocycles. The molecular formula is C11H17F2NO. The van der Waals surface area contributed by atoms with Gasteiger partial charge in [-0.1, -0.05) is 13.0 Å². The molecule has 0 spiro atoms. The molecule has 1 aliphatic rings. The van der Waals surface area contributed by atoms with Crippen LogP contribution >= 0.6 is 0 Å². The fraction of sp³-hybridized carbons (Fsp3) is 0.727. The molecule has 4 heteroatoms. The van der Waals surface area contributed by atoms with Crippen LogP contribution in [0, 0.1) is 5.92 Å². The molecule has 15 heavy (non-hydrogen) atoms. The lowest BCUT2D eigenvalue weighted by molar-refractivity contribution is -0.143. The minimum Gasteiger partial charge on any atom is -0.342 e. The molecule has 0 radical (unpaired) electrons. The number of nitrogens with zero attached hydrogens (tertiary/aromatic N) is 1. The van der Waals surface area contributed by atoms with Gasteiger partial charge in [0.2, 0.25) is 5.91 Å². The maximum atomic E-state index is 13.1. The van der Waals surface area contributed by atoms with Gasteiger partial charge in [0.05, 0.1) is 0 Å². The lowest BCUT2D eigenvalue weighted by Crippen LogP contribution is -2.48. The highest BCUT2D eigenvalue weighted by atomic mass is 19.3. The number of carbonyl (C=O) groups is 1. The van der Waals surface area contributed by atoms with Crippen molar-refractivity contribution in [1.82, 2.24) is 4.90 Å². The van der Waals surface area contributed by atoms with E-state index in [1.54, 1.807) is 6.08 Å². The van der Waals surface area contributed by atoms with Crippen molar-refractivity contribution < 1.29 is 13.6 Å². The van der Waals surface area contributed by atoms with Gasteiger partial charge in [-0.05, 0) is 6.42 Å². The quantitative estimate of drug-likeness (QED) is 0.665. The molecule has 0 bridgehead atoms. The van der Waals surface area contributed by atoms with Crippen molar-refractivity contribution in [3.05, 3.63) is 12.7 Å². The maximum absolute atomic E-state index is 13.1. The van der Waals surface area contributed by atoms with E-state index in [2.05, 4.69) is 6.58 Å². The summed E-state index contributed by atoms with van der Waals surface area (Å²) in [6.45, 7) is 5.36. The summed E-state index contributed by atoms with van der Waals surface area (Å²) in [4.78, 5) is 13.1. The molecule has 1 heterocycles. The molecule has 1 amide bonds. The average molecular weight is 217 g/mol. The van der Waals surface area contributed by atoms with E-state index in [1.807, 2.05) is 0 Å². The molecule has 86 valence electrons. The lowest BCUT2D eigenvalue weighted by Gasteiger charge is -2.36. The van der Waals surface area contributed by atoms with Gasteiger partial charge in [0.1, 0.15) is 0 Å². The number of likely N-dealkylation sites (tertiary alicyclic amines) is 1. The van der Waals surface area contributed by atoms with E-state index in [0.717, 1.165) is 0 Å². The van der Waals surface area contributed by atoms with Gasteiger partial charge in [0, 0.05) is 31.8 Å². The predicted octanol–water partition coefficient (Wildman–Crippen LogP) is 2.46. The molecule has 0 aliphatic carbocycles. The molecule has 1 atom stereocenters. The van der Waals surface area contributed by atoms with E-state index in [0.29, 0.717) is 12.8 Å². The van der Waals surface area contributed by atoms with Crippen LogP contribution in [0.4, 0.5) is 8.78 Å². The van der Waals surface area contributed by atoms with Gasteiger partial charge >= 0.3 is 0 Å². The number of halogens is 2. The predicted molar refractivity (Wildman–Crippen MR) is 54.7 cm³/mol. The number of rotatable bonds is 3. The summed E-state index contributed by atoms with van der Waals surface area (Å²) in [6, 6.07) is 0. The van der Waals surface area contributed by atoms with Crippen molar-refractivity contribution in [2.45, 2.75) is 32.1 Å². The van der Waals surface area contributed by atoms with Crippen molar-refractivity contribution in [3.8, 4) is 0 Å². The highest BCUT2D eigenvalue weighted by Gasteiger charge is 2.41. The summed E-state index contributed by atoms with van der Waals surface area (Å²) in [5.74, 6) is -3.40. The summed E-state index contributed by atoms with van der Waals surface area (Å²) < 4.78 is 26.3. The van der Waals surface area contributed by atoms with Gasteiger partial charge in [0.25, 0.3) is 5.92 Å². The number of alkyl halides is 2. The Morgan fingerprint density at radius 3 is 2.87 bits per heavy atom. The molecule has 0 aromatic carbocycles. The van der Waals surface area contributed by atoms with E-state index < -0.39 is 11.8 Å². The normalized spacial score (nSPS) is 25.0. The summed E-state index contributed by atoms with van der Waals surface area (Å²) in [5.41, 5.74) is 0. The zero-order valence-corrected chi connectivity index (χ0v) is 9.01. The van der Waals surface area contributed by atoms with Crippen LogP contribution in [0.3, 0.4) is 0 Å². The van der Waals surface area contributed by atoms with Gasteiger partial charge in [0.15, 0.2) is 0 Å². The van der Waals surface area contributed by atoms with E-state index in [4.69, 9.17) is 0 Å². The number of carbonyl (C=O) groups excluding carboxylic acids is 1. The fourth-order valence-corrected chi connectivity index (χ4v) is 1.70. The third-order valence-corrected chi connectivity index (χ3v) is 2.85. The summed E-state index contributed by atoms with van der Waals surface area (Å²) >= 11 is 0. The highest BCUT2D eigenvalue weighted by Crippen LogP contribution is 2.33. The van der Waals surface area contributed by atoms with Crippen LogP contribution in [0.15, 0.2) is 12.7 Å². The van der Waals surface area contributed by atoms with Gasteiger partial charge < -0.3 is 4.90 Å². The molecule has 1 fully saturated rings.